The van der Waals surface area contributed by atoms with Gasteiger partial charge in [0.25, 0.3) is 0 Å². The summed E-state index contributed by atoms with van der Waals surface area (Å²) in [4.78, 5) is 0. The molecule has 1 aromatic heterocycles. The minimum absolute atomic E-state index is 0.136. The molecule has 138 valence electrons. The minimum atomic E-state index is -0.136. The van der Waals surface area contributed by atoms with E-state index in [0.29, 0.717) is 5.92 Å². The second kappa shape index (κ2) is 6.75. The first kappa shape index (κ1) is 16.4. The number of nitriles is 1. The quantitative estimate of drug-likeness (QED) is 0.765. The standard InChI is InChI=1S/C21H23N5O/c22-11-16-18(15-5-1-3-14-4-2-10-27-20(14)15)17-12-24-26-21(17)25-19(16)13-6-8-23-9-7-13/h1,3,5,12-13,18,23H,2,4,6-10H2,(H2,24,25,26). The molecular weight excluding hydrogens is 338 g/mol. The molecule has 3 aliphatic rings. The molecule has 5 rings (SSSR count). The number of hydrogen-bond donors (Lipinski definition) is 3. The molecule has 0 aliphatic carbocycles. The van der Waals surface area contributed by atoms with Crippen molar-refractivity contribution < 1.29 is 4.74 Å². The molecule has 2 aromatic rings. The highest BCUT2D eigenvalue weighted by Crippen LogP contribution is 2.47. The van der Waals surface area contributed by atoms with E-state index in [4.69, 9.17) is 4.74 Å². The number of aromatic amines is 1. The number of anilines is 1. The number of fused-ring (bicyclic) bond motifs is 2. The summed E-state index contributed by atoms with van der Waals surface area (Å²) in [6.07, 6.45) is 5.98. The third kappa shape index (κ3) is 2.70. The monoisotopic (exact) mass is 361 g/mol. The first-order valence-corrected chi connectivity index (χ1v) is 9.76. The van der Waals surface area contributed by atoms with Gasteiger partial charge < -0.3 is 15.4 Å². The Kier molecular flexibility index (Phi) is 4.10. The predicted octanol–water partition coefficient (Wildman–Crippen LogP) is 3.07. The maximum atomic E-state index is 10.2. The number of benzene rings is 1. The second-order valence-electron chi connectivity index (χ2n) is 7.51. The van der Waals surface area contributed by atoms with Crippen LogP contribution in [0.1, 0.15) is 41.9 Å². The van der Waals surface area contributed by atoms with Gasteiger partial charge in [0.15, 0.2) is 0 Å². The van der Waals surface area contributed by atoms with Gasteiger partial charge in [0.2, 0.25) is 0 Å². The third-order valence-corrected chi connectivity index (χ3v) is 5.96. The van der Waals surface area contributed by atoms with Crippen molar-refractivity contribution in [3.05, 3.63) is 52.4 Å². The number of aryl methyl sites for hydroxylation is 1. The van der Waals surface area contributed by atoms with Crippen LogP contribution in [0.5, 0.6) is 5.75 Å². The summed E-state index contributed by atoms with van der Waals surface area (Å²) in [6.45, 7) is 2.71. The lowest BCUT2D eigenvalue weighted by molar-refractivity contribution is 0.285. The summed E-state index contributed by atoms with van der Waals surface area (Å²) in [5, 5.41) is 24.4. The number of H-pyrrole nitrogens is 1. The Balaban J connectivity index is 1.68. The fourth-order valence-corrected chi connectivity index (χ4v) is 4.65. The van der Waals surface area contributed by atoms with E-state index in [2.05, 4.69) is 45.1 Å². The van der Waals surface area contributed by atoms with Crippen molar-refractivity contribution in [1.29, 1.82) is 5.26 Å². The lowest BCUT2D eigenvalue weighted by Crippen LogP contribution is -2.32. The van der Waals surface area contributed by atoms with Crippen molar-refractivity contribution in [2.24, 2.45) is 5.92 Å². The van der Waals surface area contributed by atoms with E-state index in [1.54, 1.807) is 0 Å². The molecule has 1 atom stereocenters. The molecule has 1 saturated heterocycles. The number of para-hydroxylation sites is 1. The van der Waals surface area contributed by atoms with Crippen LogP contribution in [0.15, 0.2) is 35.7 Å². The van der Waals surface area contributed by atoms with Gasteiger partial charge >= 0.3 is 0 Å². The number of ether oxygens (including phenoxy) is 1. The van der Waals surface area contributed by atoms with E-state index < -0.39 is 0 Å². The van der Waals surface area contributed by atoms with E-state index in [0.717, 1.165) is 79.3 Å². The fraction of sp³-hybridized carbons (Fsp3) is 0.429. The summed E-state index contributed by atoms with van der Waals surface area (Å²) in [6, 6.07) is 8.87. The van der Waals surface area contributed by atoms with Gasteiger partial charge in [0.1, 0.15) is 11.6 Å². The topological polar surface area (TPSA) is 85.8 Å². The van der Waals surface area contributed by atoms with Crippen molar-refractivity contribution in [1.82, 2.24) is 15.5 Å². The maximum Gasteiger partial charge on any atom is 0.129 e. The van der Waals surface area contributed by atoms with Crippen LogP contribution in [0.4, 0.5) is 5.82 Å². The van der Waals surface area contributed by atoms with Crippen LogP contribution in [0, 0.1) is 17.2 Å². The number of hydrogen-bond acceptors (Lipinski definition) is 5. The zero-order chi connectivity index (χ0) is 18.2. The van der Waals surface area contributed by atoms with Gasteiger partial charge in [-0.05, 0) is 44.3 Å². The maximum absolute atomic E-state index is 10.2. The molecule has 4 heterocycles. The molecule has 3 aliphatic heterocycles. The van der Waals surface area contributed by atoms with Crippen LogP contribution in [-0.4, -0.2) is 29.9 Å². The summed E-state index contributed by atoms with van der Waals surface area (Å²) in [5.41, 5.74) is 5.20. The van der Waals surface area contributed by atoms with E-state index in [-0.39, 0.29) is 5.92 Å². The summed E-state index contributed by atoms with van der Waals surface area (Å²) in [7, 11) is 0. The number of nitrogens with zero attached hydrogens (tertiary/aromatic N) is 2. The fourth-order valence-electron chi connectivity index (χ4n) is 4.65. The van der Waals surface area contributed by atoms with E-state index in [1.807, 2.05) is 6.20 Å². The van der Waals surface area contributed by atoms with Crippen LogP contribution >= 0.6 is 0 Å². The van der Waals surface area contributed by atoms with Gasteiger partial charge in [-0.15, -0.1) is 0 Å². The normalized spacial score (nSPS) is 22.3. The highest BCUT2D eigenvalue weighted by atomic mass is 16.5. The van der Waals surface area contributed by atoms with Crippen LogP contribution < -0.4 is 15.4 Å². The van der Waals surface area contributed by atoms with Crippen molar-refractivity contribution in [2.75, 3.05) is 25.0 Å². The van der Waals surface area contributed by atoms with Crippen LogP contribution in [0.25, 0.3) is 0 Å². The number of nitrogens with one attached hydrogen (secondary N) is 3. The predicted molar refractivity (Wildman–Crippen MR) is 103 cm³/mol. The summed E-state index contributed by atoms with van der Waals surface area (Å²) >= 11 is 0. The molecule has 1 fully saturated rings. The molecule has 6 nitrogen and oxygen atoms in total. The molecule has 1 aromatic carbocycles. The molecule has 6 heteroatoms. The van der Waals surface area contributed by atoms with Gasteiger partial charge in [0, 0.05) is 22.7 Å². The average Bonchev–Trinajstić information content (AvgIpc) is 3.21. The van der Waals surface area contributed by atoms with Crippen LogP contribution in [0.2, 0.25) is 0 Å². The van der Waals surface area contributed by atoms with Gasteiger partial charge in [-0.1, -0.05) is 18.2 Å². The highest BCUT2D eigenvalue weighted by molar-refractivity contribution is 5.67. The molecule has 1 unspecified atom stereocenters. The first-order chi connectivity index (χ1) is 13.4. The zero-order valence-electron chi connectivity index (χ0n) is 15.2. The van der Waals surface area contributed by atoms with Gasteiger partial charge in [0.05, 0.1) is 30.4 Å². The number of rotatable bonds is 2. The Hall–Kier alpha value is -2.78. The van der Waals surface area contributed by atoms with Crippen LogP contribution in [0.3, 0.4) is 0 Å². The van der Waals surface area contributed by atoms with E-state index >= 15 is 0 Å². The Morgan fingerprint density at radius 2 is 2.07 bits per heavy atom. The van der Waals surface area contributed by atoms with Crippen molar-refractivity contribution in [2.45, 2.75) is 31.6 Å². The number of allylic oxidation sites excluding steroid dienone is 2. The molecule has 27 heavy (non-hydrogen) atoms. The molecule has 0 saturated carbocycles. The molecule has 0 bridgehead atoms. The summed E-state index contributed by atoms with van der Waals surface area (Å²) in [5.74, 6) is 2.09. The largest absolute Gasteiger partial charge is 0.493 e. The smallest absolute Gasteiger partial charge is 0.129 e. The van der Waals surface area contributed by atoms with Gasteiger partial charge in [-0.25, -0.2) is 0 Å². The first-order valence-electron chi connectivity index (χ1n) is 9.76. The molecule has 0 radical (unpaired) electrons. The second-order valence-corrected chi connectivity index (χ2v) is 7.51. The molecule has 3 N–H and O–H groups in total. The number of piperidine rings is 1. The van der Waals surface area contributed by atoms with Crippen LogP contribution in [-0.2, 0) is 6.42 Å². The Morgan fingerprint density at radius 1 is 1.19 bits per heavy atom. The molecular formula is C21H23N5O. The lowest BCUT2D eigenvalue weighted by Gasteiger charge is -2.33. The van der Waals surface area contributed by atoms with Gasteiger partial charge in [-0.2, -0.15) is 10.4 Å². The summed E-state index contributed by atoms with van der Waals surface area (Å²) < 4.78 is 6.08. The zero-order valence-corrected chi connectivity index (χ0v) is 15.2. The Bertz CT molecular complexity index is 932. The lowest BCUT2D eigenvalue weighted by atomic mass is 9.78. The van der Waals surface area contributed by atoms with Crippen molar-refractivity contribution >= 4 is 5.82 Å². The average molecular weight is 361 g/mol. The van der Waals surface area contributed by atoms with Crippen molar-refractivity contribution in [3.63, 3.8) is 0 Å². The SMILES string of the molecule is N#CC1=C(C2CCNCC2)Nc2[nH]ncc2C1c1cccc2c1OCCC2. The molecule has 0 spiro atoms. The van der Waals surface area contributed by atoms with E-state index in [9.17, 15) is 5.26 Å². The van der Waals surface area contributed by atoms with E-state index in [1.165, 1.54) is 5.56 Å². The van der Waals surface area contributed by atoms with Crippen molar-refractivity contribution in [3.8, 4) is 11.8 Å². The minimum Gasteiger partial charge on any atom is -0.493 e. The Labute approximate surface area is 158 Å². The highest BCUT2D eigenvalue weighted by Gasteiger charge is 2.36. The third-order valence-electron chi connectivity index (χ3n) is 5.96. The number of aromatic nitrogens is 2. The van der Waals surface area contributed by atoms with Gasteiger partial charge in [-0.3, -0.25) is 5.10 Å². The molecule has 0 amide bonds. The Morgan fingerprint density at radius 3 is 2.93 bits per heavy atom.